The van der Waals surface area contributed by atoms with Crippen LogP contribution in [-0.4, -0.2) is 6.54 Å². The molecule has 0 amide bonds. The fraction of sp³-hybridized carbons (Fsp3) is 0.167. The molecule has 80 valence electrons. The van der Waals surface area contributed by atoms with Gasteiger partial charge in [-0.1, -0.05) is 36.4 Å². The molecule has 1 atom stereocenters. The van der Waals surface area contributed by atoms with Crippen molar-refractivity contribution in [3.8, 4) is 0 Å². The van der Waals surface area contributed by atoms with E-state index in [0.717, 1.165) is 5.56 Å². The molecule has 0 unspecified atom stereocenters. The summed E-state index contributed by atoms with van der Waals surface area (Å²) in [6.07, 6.45) is 0. The van der Waals surface area contributed by atoms with Gasteiger partial charge in [-0.05, 0) is 22.4 Å². The third-order valence-electron chi connectivity index (χ3n) is 2.46. The van der Waals surface area contributed by atoms with Gasteiger partial charge >= 0.3 is 0 Å². The Balaban J connectivity index is 0.00000112. The summed E-state index contributed by atoms with van der Waals surface area (Å²) >= 11 is 0. The Bertz CT molecular complexity index is 442. The highest BCUT2D eigenvalue weighted by Gasteiger charge is 2.03. The van der Waals surface area contributed by atoms with Crippen LogP contribution in [0.3, 0.4) is 0 Å². The first-order valence-electron chi connectivity index (χ1n) is 4.75. The van der Waals surface area contributed by atoms with Gasteiger partial charge in [-0.15, -0.1) is 12.4 Å². The molecular formula is C12H15ClN2. The average molecular weight is 223 g/mol. The molecule has 0 heterocycles. The van der Waals surface area contributed by atoms with E-state index in [1.54, 1.807) is 0 Å². The second-order valence-electron chi connectivity index (χ2n) is 3.45. The minimum atomic E-state index is -0.0559. The molecule has 4 N–H and O–H groups in total. The largest absolute Gasteiger partial charge is 0.329 e. The van der Waals surface area contributed by atoms with Gasteiger partial charge in [-0.2, -0.15) is 0 Å². The van der Waals surface area contributed by atoms with Gasteiger partial charge in [-0.25, -0.2) is 0 Å². The Labute approximate surface area is 95.7 Å². The molecule has 0 aromatic heterocycles. The summed E-state index contributed by atoms with van der Waals surface area (Å²) in [5.41, 5.74) is 12.5. The average Bonchev–Trinajstić information content (AvgIpc) is 2.27. The van der Waals surface area contributed by atoms with E-state index in [9.17, 15) is 0 Å². The summed E-state index contributed by atoms with van der Waals surface area (Å²) in [5, 5.41) is 2.45. The van der Waals surface area contributed by atoms with E-state index < -0.39 is 0 Å². The number of rotatable bonds is 2. The molecule has 0 saturated heterocycles. The summed E-state index contributed by atoms with van der Waals surface area (Å²) in [7, 11) is 0. The number of hydrogen-bond acceptors (Lipinski definition) is 2. The lowest BCUT2D eigenvalue weighted by atomic mass is 10.0. The van der Waals surface area contributed by atoms with Gasteiger partial charge in [-0.3, -0.25) is 0 Å². The topological polar surface area (TPSA) is 52.0 Å². The maximum Gasteiger partial charge on any atom is 0.0419 e. The smallest absolute Gasteiger partial charge is 0.0419 e. The minimum Gasteiger partial charge on any atom is -0.329 e. The third kappa shape index (κ3) is 2.48. The molecular weight excluding hydrogens is 208 g/mol. The molecule has 0 saturated carbocycles. The van der Waals surface area contributed by atoms with Crippen LogP contribution in [0.2, 0.25) is 0 Å². The Morgan fingerprint density at radius 2 is 1.67 bits per heavy atom. The quantitative estimate of drug-likeness (QED) is 0.819. The highest BCUT2D eigenvalue weighted by molar-refractivity contribution is 5.85. The number of hydrogen-bond donors (Lipinski definition) is 2. The lowest BCUT2D eigenvalue weighted by molar-refractivity contribution is 0.738. The molecule has 0 aliphatic heterocycles. The number of benzene rings is 2. The van der Waals surface area contributed by atoms with E-state index in [1.165, 1.54) is 10.8 Å². The second-order valence-corrected chi connectivity index (χ2v) is 3.45. The van der Waals surface area contributed by atoms with E-state index in [2.05, 4.69) is 24.3 Å². The molecule has 3 heteroatoms. The Morgan fingerprint density at radius 3 is 2.33 bits per heavy atom. The van der Waals surface area contributed by atoms with E-state index in [1.807, 2.05) is 18.2 Å². The van der Waals surface area contributed by atoms with Crippen LogP contribution in [0, 0.1) is 0 Å². The predicted octanol–water partition coefficient (Wildman–Crippen LogP) is 2.22. The minimum absolute atomic E-state index is 0. The van der Waals surface area contributed by atoms with Crippen molar-refractivity contribution in [1.82, 2.24) is 0 Å². The van der Waals surface area contributed by atoms with Crippen LogP contribution in [-0.2, 0) is 0 Å². The fourth-order valence-electron chi connectivity index (χ4n) is 1.57. The van der Waals surface area contributed by atoms with Gasteiger partial charge in [0.05, 0.1) is 0 Å². The monoisotopic (exact) mass is 222 g/mol. The maximum atomic E-state index is 5.86. The zero-order valence-electron chi connectivity index (χ0n) is 8.39. The number of nitrogens with two attached hydrogens (primary N) is 2. The normalized spacial score (nSPS) is 12.1. The van der Waals surface area contributed by atoms with Crippen molar-refractivity contribution in [2.24, 2.45) is 11.5 Å². The summed E-state index contributed by atoms with van der Waals surface area (Å²) in [4.78, 5) is 0. The molecule has 2 rings (SSSR count). The third-order valence-corrected chi connectivity index (χ3v) is 2.46. The molecule has 2 nitrogen and oxygen atoms in total. The second kappa shape index (κ2) is 5.12. The van der Waals surface area contributed by atoms with Crippen LogP contribution in [0.25, 0.3) is 10.8 Å². The van der Waals surface area contributed by atoms with Crippen molar-refractivity contribution < 1.29 is 0 Å². The maximum absolute atomic E-state index is 5.86. The van der Waals surface area contributed by atoms with Crippen LogP contribution in [0.15, 0.2) is 42.5 Å². The molecule has 2 aromatic rings. The van der Waals surface area contributed by atoms with Crippen molar-refractivity contribution >= 4 is 23.2 Å². The van der Waals surface area contributed by atoms with E-state index >= 15 is 0 Å². The van der Waals surface area contributed by atoms with Gasteiger partial charge in [0.2, 0.25) is 0 Å². The van der Waals surface area contributed by atoms with Crippen LogP contribution >= 0.6 is 12.4 Å². The summed E-state index contributed by atoms with van der Waals surface area (Å²) in [6.45, 7) is 0.484. The molecule has 0 fully saturated rings. The summed E-state index contributed by atoms with van der Waals surface area (Å²) in [5.74, 6) is 0. The highest BCUT2D eigenvalue weighted by Crippen LogP contribution is 2.18. The van der Waals surface area contributed by atoms with Gasteiger partial charge in [0.15, 0.2) is 0 Å². The number of fused-ring (bicyclic) bond motifs is 1. The van der Waals surface area contributed by atoms with Gasteiger partial charge in [0.1, 0.15) is 0 Å². The van der Waals surface area contributed by atoms with Gasteiger partial charge in [0, 0.05) is 12.6 Å². The molecule has 0 aliphatic rings. The Hall–Kier alpha value is -1.09. The summed E-state index contributed by atoms with van der Waals surface area (Å²) in [6, 6.07) is 14.4. The molecule has 0 radical (unpaired) electrons. The summed E-state index contributed by atoms with van der Waals surface area (Å²) < 4.78 is 0. The first-order chi connectivity index (χ1) is 6.81. The SMILES string of the molecule is Cl.NC[C@H](N)c1ccc2ccccc2c1. The first-order valence-corrected chi connectivity index (χ1v) is 4.75. The molecule has 0 bridgehead atoms. The zero-order chi connectivity index (χ0) is 9.97. The van der Waals surface area contributed by atoms with E-state index in [0.29, 0.717) is 6.54 Å². The highest BCUT2D eigenvalue weighted by atomic mass is 35.5. The Morgan fingerprint density at radius 1 is 1.00 bits per heavy atom. The molecule has 2 aromatic carbocycles. The van der Waals surface area contributed by atoms with Crippen molar-refractivity contribution in [3.63, 3.8) is 0 Å². The van der Waals surface area contributed by atoms with Gasteiger partial charge in [0.25, 0.3) is 0 Å². The lowest BCUT2D eigenvalue weighted by Crippen LogP contribution is -2.20. The van der Waals surface area contributed by atoms with Crippen molar-refractivity contribution in [3.05, 3.63) is 48.0 Å². The van der Waals surface area contributed by atoms with Crippen LogP contribution in [0.1, 0.15) is 11.6 Å². The van der Waals surface area contributed by atoms with Crippen LogP contribution in [0.4, 0.5) is 0 Å². The first kappa shape index (κ1) is 12.0. The Kier molecular flexibility index (Phi) is 4.09. The standard InChI is InChI=1S/C12H14N2.ClH/c13-8-12(14)11-6-5-9-3-1-2-4-10(9)7-11;/h1-7,12H,8,13-14H2;1H/t12-;/m0./s1. The van der Waals surface area contributed by atoms with Crippen molar-refractivity contribution in [1.29, 1.82) is 0 Å². The number of halogens is 1. The van der Waals surface area contributed by atoms with Gasteiger partial charge < -0.3 is 11.5 Å². The van der Waals surface area contributed by atoms with E-state index in [-0.39, 0.29) is 18.4 Å². The van der Waals surface area contributed by atoms with Crippen molar-refractivity contribution in [2.75, 3.05) is 6.54 Å². The van der Waals surface area contributed by atoms with Crippen LogP contribution < -0.4 is 11.5 Å². The zero-order valence-corrected chi connectivity index (χ0v) is 9.21. The molecule has 0 aliphatic carbocycles. The predicted molar refractivity (Wildman–Crippen MR) is 67.2 cm³/mol. The fourth-order valence-corrected chi connectivity index (χ4v) is 1.57. The lowest BCUT2D eigenvalue weighted by Gasteiger charge is -2.09. The molecule has 15 heavy (non-hydrogen) atoms. The molecule has 0 spiro atoms. The van der Waals surface area contributed by atoms with Crippen molar-refractivity contribution in [2.45, 2.75) is 6.04 Å². The van der Waals surface area contributed by atoms with Crippen LogP contribution in [0.5, 0.6) is 0 Å². The van der Waals surface area contributed by atoms with E-state index in [4.69, 9.17) is 11.5 Å².